The number of anilines is 1. The molecular formula is C15H10F3N3S. The largest absolute Gasteiger partial charge is 0.360 e. The fourth-order valence-corrected chi connectivity index (χ4v) is 2.52. The highest BCUT2D eigenvalue weighted by molar-refractivity contribution is 8.00. The van der Waals surface area contributed by atoms with Crippen LogP contribution in [-0.2, 0) is 0 Å². The van der Waals surface area contributed by atoms with Crippen LogP contribution in [0.25, 0.3) is 11.3 Å². The van der Waals surface area contributed by atoms with E-state index in [0.29, 0.717) is 16.2 Å². The normalized spacial score (nSPS) is 10.7. The van der Waals surface area contributed by atoms with Gasteiger partial charge in [-0.25, -0.2) is 18.2 Å². The van der Waals surface area contributed by atoms with E-state index in [4.69, 9.17) is 0 Å². The van der Waals surface area contributed by atoms with Crippen molar-refractivity contribution < 1.29 is 13.2 Å². The minimum Gasteiger partial charge on any atom is -0.360 e. The number of nitrogens with zero attached hydrogens (tertiary/aromatic N) is 1. The van der Waals surface area contributed by atoms with E-state index >= 15 is 0 Å². The quantitative estimate of drug-likeness (QED) is 0.689. The predicted molar refractivity (Wildman–Crippen MR) is 79.8 cm³/mol. The first-order valence-electron chi connectivity index (χ1n) is 6.31. The van der Waals surface area contributed by atoms with E-state index in [9.17, 15) is 13.2 Å². The van der Waals surface area contributed by atoms with Crippen LogP contribution in [0.15, 0.2) is 53.7 Å². The third kappa shape index (κ3) is 3.09. The zero-order chi connectivity index (χ0) is 15.5. The topological polar surface area (TPSA) is 40.7 Å². The van der Waals surface area contributed by atoms with E-state index < -0.39 is 11.6 Å². The molecule has 3 nitrogen and oxygen atoms in total. The maximum absolute atomic E-state index is 13.7. The van der Waals surface area contributed by atoms with Gasteiger partial charge in [0.1, 0.15) is 11.6 Å². The number of halogens is 3. The summed E-state index contributed by atoms with van der Waals surface area (Å²) in [4.78, 5) is 7.28. The van der Waals surface area contributed by atoms with Crippen molar-refractivity contribution >= 4 is 17.8 Å². The second kappa shape index (κ2) is 6.15. The molecule has 2 N–H and O–H groups in total. The van der Waals surface area contributed by atoms with Crippen molar-refractivity contribution in [3.8, 4) is 11.3 Å². The van der Waals surface area contributed by atoms with Crippen LogP contribution in [0, 0.1) is 17.5 Å². The lowest BCUT2D eigenvalue weighted by Crippen LogP contribution is -1.95. The second-order valence-electron chi connectivity index (χ2n) is 4.42. The first-order valence-corrected chi connectivity index (χ1v) is 7.12. The third-order valence-electron chi connectivity index (χ3n) is 2.89. The summed E-state index contributed by atoms with van der Waals surface area (Å²) in [5.74, 6) is -1.92. The van der Waals surface area contributed by atoms with Gasteiger partial charge in [-0.05, 0) is 30.1 Å². The maximum atomic E-state index is 13.7. The summed E-state index contributed by atoms with van der Waals surface area (Å²) in [6, 6.07) is 8.85. The van der Waals surface area contributed by atoms with Gasteiger partial charge in [0.05, 0.1) is 6.20 Å². The molecule has 112 valence electrons. The molecule has 2 aromatic heterocycles. The molecule has 3 rings (SSSR count). The average molecular weight is 321 g/mol. The van der Waals surface area contributed by atoms with Crippen molar-refractivity contribution in [2.45, 2.75) is 4.90 Å². The van der Waals surface area contributed by atoms with E-state index in [2.05, 4.69) is 14.7 Å². The zero-order valence-electron chi connectivity index (χ0n) is 11.1. The van der Waals surface area contributed by atoms with Gasteiger partial charge in [-0.3, -0.25) is 0 Å². The molecule has 7 heteroatoms. The van der Waals surface area contributed by atoms with Crippen molar-refractivity contribution in [3.63, 3.8) is 0 Å². The molecule has 1 aromatic carbocycles. The van der Waals surface area contributed by atoms with Gasteiger partial charge >= 0.3 is 0 Å². The van der Waals surface area contributed by atoms with Gasteiger partial charge in [-0.1, -0.05) is 12.1 Å². The molecule has 0 radical (unpaired) electrons. The van der Waals surface area contributed by atoms with Gasteiger partial charge in [0.2, 0.25) is 0 Å². The van der Waals surface area contributed by atoms with Crippen LogP contribution >= 0.6 is 11.9 Å². The van der Waals surface area contributed by atoms with Crippen LogP contribution in [0.2, 0.25) is 0 Å². The molecule has 0 atom stereocenters. The molecule has 0 saturated heterocycles. The van der Waals surface area contributed by atoms with E-state index in [0.717, 1.165) is 24.2 Å². The Kier molecular flexibility index (Phi) is 4.06. The standard InChI is InChI=1S/C15H10F3N3S/c16-9-5-13(18)15(20-7-9)21-22-10-6-14(19-8-10)11-3-1-2-4-12(11)17/h1-8,19H,(H,20,21). The van der Waals surface area contributed by atoms with Gasteiger partial charge in [0.15, 0.2) is 11.6 Å². The Hall–Kier alpha value is -2.41. The molecule has 0 fully saturated rings. The van der Waals surface area contributed by atoms with Gasteiger partial charge in [-0.2, -0.15) is 0 Å². The van der Waals surface area contributed by atoms with Gasteiger partial charge in [0.25, 0.3) is 0 Å². The Bertz CT molecular complexity index is 804. The number of benzene rings is 1. The Balaban J connectivity index is 1.74. The number of aromatic amines is 1. The van der Waals surface area contributed by atoms with Crippen LogP contribution in [0.5, 0.6) is 0 Å². The number of pyridine rings is 1. The lowest BCUT2D eigenvalue weighted by atomic mass is 10.1. The van der Waals surface area contributed by atoms with E-state index in [1.165, 1.54) is 6.07 Å². The van der Waals surface area contributed by atoms with Crippen LogP contribution in [0.1, 0.15) is 0 Å². The van der Waals surface area contributed by atoms with Crippen molar-refractivity contribution in [2.24, 2.45) is 0 Å². The second-order valence-corrected chi connectivity index (χ2v) is 5.30. The highest BCUT2D eigenvalue weighted by atomic mass is 32.2. The van der Waals surface area contributed by atoms with E-state index in [-0.39, 0.29) is 11.6 Å². The molecule has 0 bridgehead atoms. The van der Waals surface area contributed by atoms with Gasteiger partial charge in [-0.15, -0.1) is 0 Å². The summed E-state index contributed by atoms with van der Waals surface area (Å²) in [6.45, 7) is 0. The predicted octanol–water partition coefficient (Wildman–Crippen LogP) is 4.61. The van der Waals surface area contributed by atoms with Crippen LogP contribution in [-0.4, -0.2) is 9.97 Å². The van der Waals surface area contributed by atoms with Crippen molar-refractivity contribution in [1.82, 2.24) is 9.97 Å². The first-order chi connectivity index (χ1) is 10.6. The van der Waals surface area contributed by atoms with Crippen LogP contribution in [0.4, 0.5) is 19.0 Å². The monoisotopic (exact) mass is 321 g/mol. The Morgan fingerprint density at radius 1 is 1.05 bits per heavy atom. The van der Waals surface area contributed by atoms with Crippen molar-refractivity contribution in [3.05, 3.63) is 66.2 Å². The number of hydrogen-bond donors (Lipinski definition) is 2. The van der Waals surface area contributed by atoms with Crippen molar-refractivity contribution in [2.75, 3.05) is 4.72 Å². The summed E-state index contributed by atoms with van der Waals surface area (Å²) < 4.78 is 42.6. The fourth-order valence-electron chi connectivity index (χ4n) is 1.87. The van der Waals surface area contributed by atoms with Gasteiger partial charge in [0, 0.05) is 28.4 Å². The van der Waals surface area contributed by atoms with E-state index in [1.54, 1.807) is 30.5 Å². The number of rotatable bonds is 4. The van der Waals surface area contributed by atoms with E-state index in [1.807, 2.05) is 0 Å². The number of hydrogen-bond acceptors (Lipinski definition) is 3. The number of H-pyrrole nitrogens is 1. The minimum absolute atomic E-state index is 0.0694. The molecule has 0 spiro atoms. The minimum atomic E-state index is -0.780. The van der Waals surface area contributed by atoms with Gasteiger partial charge < -0.3 is 9.71 Å². The summed E-state index contributed by atoms with van der Waals surface area (Å²) >= 11 is 1.09. The molecule has 0 unspecified atom stereocenters. The summed E-state index contributed by atoms with van der Waals surface area (Å²) in [7, 11) is 0. The molecule has 0 amide bonds. The molecule has 0 aliphatic rings. The number of nitrogens with one attached hydrogen (secondary N) is 2. The number of aromatic nitrogens is 2. The first kappa shape index (κ1) is 14.5. The highest BCUT2D eigenvalue weighted by Crippen LogP contribution is 2.28. The Morgan fingerprint density at radius 3 is 2.64 bits per heavy atom. The van der Waals surface area contributed by atoms with Crippen molar-refractivity contribution in [1.29, 1.82) is 0 Å². The molecule has 22 heavy (non-hydrogen) atoms. The molecule has 3 aromatic rings. The maximum Gasteiger partial charge on any atom is 0.172 e. The van der Waals surface area contributed by atoms with Crippen LogP contribution in [0.3, 0.4) is 0 Å². The summed E-state index contributed by atoms with van der Waals surface area (Å²) in [6.07, 6.45) is 2.58. The molecule has 0 saturated carbocycles. The molecule has 2 heterocycles. The SMILES string of the molecule is Fc1cnc(NSc2c[nH]c(-c3ccccc3F)c2)c(F)c1. The zero-order valence-corrected chi connectivity index (χ0v) is 11.9. The molecule has 0 aliphatic carbocycles. The summed E-state index contributed by atoms with van der Waals surface area (Å²) in [5.41, 5.74) is 1.05. The lowest BCUT2D eigenvalue weighted by molar-refractivity contribution is 0.577. The average Bonchev–Trinajstić information content (AvgIpc) is 2.95. The Morgan fingerprint density at radius 2 is 1.86 bits per heavy atom. The third-order valence-corrected chi connectivity index (χ3v) is 3.66. The Labute approximate surface area is 128 Å². The molecule has 0 aliphatic heterocycles. The lowest BCUT2D eigenvalue weighted by Gasteiger charge is -2.03. The molecular weight excluding hydrogens is 311 g/mol. The highest BCUT2D eigenvalue weighted by Gasteiger charge is 2.09. The smallest absolute Gasteiger partial charge is 0.172 e. The van der Waals surface area contributed by atoms with Crippen LogP contribution < -0.4 is 4.72 Å². The fraction of sp³-hybridized carbons (Fsp3) is 0. The summed E-state index contributed by atoms with van der Waals surface area (Å²) in [5, 5.41) is 0.